The second kappa shape index (κ2) is 8.53. The highest BCUT2D eigenvalue weighted by Crippen LogP contribution is 2.59. The van der Waals surface area contributed by atoms with Crippen molar-refractivity contribution in [3.8, 4) is 0 Å². The number of allylic oxidation sites excluding steroid dienone is 1. The molecule has 2 spiro atoms. The number of benzene rings is 1. The highest BCUT2D eigenvalue weighted by atomic mass is 32.2. The molecule has 0 amide bonds. The Morgan fingerprint density at radius 1 is 1.09 bits per heavy atom. The largest absolute Gasteiger partial charge is 0.359 e. The van der Waals surface area contributed by atoms with Gasteiger partial charge in [-0.3, -0.25) is 4.98 Å². The van der Waals surface area contributed by atoms with Gasteiger partial charge in [-0.2, -0.15) is 0 Å². The van der Waals surface area contributed by atoms with Gasteiger partial charge in [0.15, 0.2) is 0 Å². The summed E-state index contributed by atoms with van der Waals surface area (Å²) in [5, 5.41) is 2.46. The van der Waals surface area contributed by atoms with E-state index in [2.05, 4.69) is 53.0 Å². The second-order valence-corrected chi connectivity index (χ2v) is 13.2. The molecule has 1 unspecified atom stereocenters. The van der Waals surface area contributed by atoms with Gasteiger partial charge in [-0.1, -0.05) is 31.2 Å². The van der Waals surface area contributed by atoms with Crippen molar-refractivity contribution >= 4 is 20.8 Å². The summed E-state index contributed by atoms with van der Waals surface area (Å²) in [5.41, 5.74) is 3.65. The van der Waals surface area contributed by atoms with E-state index in [1.807, 2.05) is 12.4 Å². The van der Waals surface area contributed by atoms with Crippen LogP contribution in [0, 0.1) is 5.92 Å². The molecule has 2 aliphatic carbocycles. The molecular formula is C29H36N2O3S. The van der Waals surface area contributed by atoms with Gasteiger partial charge in [0.1, 0.15) is 0 Å². The van der Waals surface area contributed by atoms with Crippen LogP contribution in [0.1, 0.15) is 76.2 Å². The van der Waals surface area contributed by atoms with E-state index in [-0.39, 0.29) is 17.2 Å². The summed E-state index contributed by atoms with van der Waals surface area (Å²) in [7, 11) is -3.22. The van der Waals surface area contributed by atoms with Crippen LogP contribution in [-0.2, 0) is 14.8 Å². The standard InChI is InChI=1S/C29H36N2O3S/c1-20-6-7-21(23-9-8-22-12-15-30-19-24(22)16-23)4-3-5-26-17-25-10-11-27(31-35(2,32)33)18-28(25)13-14-29(20,26)34-28/h5,8-9,12,15-17,19-21,27,31H,3-4,6-7,10-11,13-14,18H2,1-2H3/b26-5-/t20-,21?,27+,28+,29-/m0/s1. The lowest BCUT2D eigenvalue weighted by atomic mass is 9.74. The van der Waals surface area contributed by atoms with Gasteiger partial charge in [0.05, 0.1) is 17.5 Å². The molecule has 0 radical (unpaired) electrons. The zero-order chi connectivity index (χ0) is 24.3. The fourth-order valence-corrected chi connectivity index (χ4v) is 8.15. The number of hydrogen-bond acceptors (Lipinski definition) is 4. The molecule has 6 rings (SSSR count). The summed E-state index contributed by atoms with van der Waals surface area (Å²) in [6.45, 7) is 2.37. The van der Waals surface area contributed by atoms with Gasteiger partial charge in [-0.25, -0.2) is 13.1 Å². The van der Waals surface area contributed by atoms with Crippen LogP contribution in [0.2, 0.25) is 0 Å². The molecule has 5 atom stereocenters. The highest BCUT2D eigenvalue weighted by molar-refractivity contribution is 7.88. The molecule has 1 aromatic carbocycles. The maximum atomic E-state index is 11.9. The van der Waals surface area contributed by atoms with Gasteiger partial charge < -0.3 is 4.74 Å². The summed E-state index contributed by atoms with van der Waals surface area (Å²) in [4.78, 5) is 4.32. The third-order valence-corrected chi connectivity index (χ3v) is 9.92. The van der Waals surface area contributed by atoms with E-state index < -0.39 is 10.0 Å². The Bertz CT molecular complexity index is 1320. The summed E-state index contributed by atoms with van der Waals surface area (Å²) in [6.07, 6.45) is 19.0. The maximum Gasteiger partial charge on any atom is 0.208 e. The van der Waals surface area contributed by atoms with E-state index in [4.69, 9.17) is 4.74 Å². The molecule has 186 valence electrons. The van der Waals surface area contributed by atoms with Crippen LogP contribution in [-0.4, -0.2) is 36.9 Å². The molecule has 2 aromatic rings. The Balaban J connectivity index is 1.27. The van der Waals surface area contributed by atoms with Crippen LogP contribution >= 0.6 is 0 Å². The van der Waals surface area contributed by atoms with E-state index in [1.54, 1.807) is 0 Å². The third-order valence-electron chi connectivity index (χ3n) is 9.16. The van der Waals surface area contributed by atoms with Crippen LogP contribution < -0.4 is 4.72 Å². The number of nitrogens with one attached hydrogen (secondary N) is 1. The SMILES string of the molecule is C[C@H]1CCC(c2ccc3ccncc3c2)CC/C=C2/C=C3CC[C@@H](NS(C)(=O)=O)C[C@]34CC[C@@]21O4. The van der Waals surface area contributed by atoms with Crippen LogP contribution in [0.15, 0.2) is 60.0 Å². The molecule has 5 nitrogen and oxygen atoms in total. The minimum absolute atomic E-state index is 0.0405. The smallest absolute Gasteiger partial charge is 0.208 e. The lowest BCUT2D eigenvalue weighted by molar-refractivity contribution is -0.110. The van der Waals surface area contributed by atoms with Crippen molar-refractivity contribution in [1.82, 2.24) is 9.71 Å². The van der Waals surface area contributed by atoms with E-state index in [0.29, 0.717) is 11.8 Å². The highest BCUT2D eigenvalue weighted by Gasteiger charge is 2.59. The molecule has 2 fully saturated rings. The average Bonchev–Trinajstić information content (AvgIpc) is 3.17. The molecular weight excluding hydrogens is 456 g/mol. The van der Waals surface area contributed by atoms with Gasteiger partial charge in [-0.05, 0) is 104 Å². The van der Waals surface area contributed by atoms with Gasteiger partial charge in [-0.15, -0.1) is 0 Å². The first-order valence-corrected chi connectivity index (χ1v) is 15.1. The van der Waals surface area contributed by atoms with Crippen molar-refractivity contribution in [2.45, 2.75) is 87.9 Å². The Morgan fingerprint density at radius 3 is 2.83 bits per heavy atom. The van der Waals surface area contributed by atoms with Gasteiger partial charge in [0, 0.05) is 23.8 Å². The zero-order valence-electron chi connectivity index (χ0n) is 20.8. The fraction of sp³-hybridized carbons (Fsp3) is 0.552. The molecule has 1 N–H and O–H groups in total. The van der Waals surface area contributed by atoms with Gasteiger partial charge >= 0.3 is 0 Å². The minimum atomic E-state index is -3.22. The Kier molecular flexibility index (Phi) is 5.70. The van der Waals surface area contributed by atoms with E-state index in [9.17, 15) is 8.42 Å². The Hall–Kier alpha value is -2.02. The molecule has 6 heteroatoms. The summed E-state index contributed by atoms with van der Waals surface area (Å²) >= 11 is 0. The van der Waals surface area contributed by atoms with Crippen molar-refractivity contribution in [1.29, 1.82) is 0 Å². The summed E-state index contributed by atoms with van der Waals surface area (Å²) < 4.78 is 33.8. The van der Waals surface area contributed by atoms with Crippen molar-refractivity contribution in [2.24, 2.45) is 5.92 Å². The average molecular weight is 493 g/mol. The predicted octanol–water partition coefficient (Wildman–Crippen LogP) is 5.78. The lowest BCUT2D eigenvalue weighted by Crippen LogP contribution is -2.51. The molecule has 2 aliphatic heterocycles. The fourth-order valence-electron chi connectivity index (χ4n) is 7.34. The number of ether oxygens (including phenoxy) is 1. The number of pyridine rings is 1. The van der Waals surface area contributed by atoms with Gasteiger partial charge in [0.2, 0.25) is 10.0 Å². The Labute approximate surface area is 209 Å². The quantitative estimate of drug-likeness (QED) is 0.589. The van der Waals surface area contributed by atoms with Crippen LogP contribution in [0.3, 0.4) is 0 Å². The first-order valence-electron chi connectivity index (χ1n) is 13.2. The monoisotopic (exact) mass is 492 g/mol. The molecule has 1 saturated heterocycles. The molecule has 1 aromatic heterocycles. The second-order valence-electron chi connectivity index (χ2n) is 11.4. The first kappa shape index (κ1) is 23.4. The minimum Gasteiger partial charge on any atom is -0.359 e. The Morgan fingerprint density at radius 2 is 1.97 bits per heavy atom. The number of hydrogen-bond donors (Lipinski definition) is 1. The predicted molar refractivity (Wildman–Crippen MR) is 140 cm³/mol. The molecule has 3 heterocycles. The number of aromatic nitrogens is 1. The van der Waals surface area contributed by atoms with Crippen molar-refractivity contribution < 1.29 is 13.2 Å². The topological polar surface area (TPSA) is 68.3 Å². The molecule has 35 heavy (non-hydrogen) atoms. The van der Waals surface area contributed by atoms with Crippen LogP contribution in [0.4, 0.5) is 0 Å². The maximum absolute atomic E-state index is 11.9. The number of nitrogens with zero attached hydrogens (tertiary/aromatic N) is 1. The van der Waals surface area contributed by atoms with E-state index in [1.165, 1.54) is 33.7 Å². The lowest BCUT2D eigenvalue weighted by Gasteiger charge is -2.48. The zero-order valence-corrected chi connectivity index (χ0v) is 21.6. The normalized spacial score (nSPS) is 36.7. The summed E-state index contributed by atoms with van der Waals surface area (Å²) in [6, 6.07) is 8.91. The van der Waals surface area contributed by atoms with Gasteiger partial charge in [0.25, 0.3) is 0 Å². The van der Waals surface area contributed by atoms with E-state index >= 15 is 0 Å². The molecule has 2 bridgehead atoms. The summed E-state index contributed by atoms with van der Waals surface area (Å²) in [5.74, 6) is 0.945. The molecule has 4 aliphatic rings. The third kappa shape index (κ3) is 4.17. The van der Waals surface area contributed by atoms with Crippen LogP contribution in [0.25, 0.3) is 10.8 Å². The first-order chi connectivity index (χ1) is 16.8. The van der Waals surface area contributed by atoms with Crippen molar-refractivity contribution in [3.63, 3.8) is 0 Å². The van der Waals surface area contributed by atoms with Crippen molar-refractivity contribution in [2.75, 3.05) is 6.26 Å². The molecule has 1 saturated carbocycles. The van der Waals surface area contributed by atoms with Crippen LogP contribution in [0.5, 0.6) is 0 Å². The van der Waals surface area contributed by atoms with E-state index in [0.717, 1.165) is 57.8 Å². The number of rotatable bonds is 3. The van der Waals surface area contributed by atoms with Crippen molar-refractivity contribution in [3.05, 3.63) is 65.5 Å². The number of sulfonamides is 1. The number of fused-ring (bicyclic) bond motifs is 1.